The molecule has 7 heteroatoms. The second-order valence-corrected chi connectivity index (χ2v) is 5.74. The fourth-order valence-electron chi connectivity index (χ4n) is 2.80. The zero-order valence-electron chi connectivity index (χ0n) is 12.7. The van der Waals surface area contributed by atoms with Gasteiger partial charge in [-0.25, -0.2) is 4.79 Å². The molecule has 1 aliphatic heterocycles. The highest BCUT2D eigenvalue weighted by Gasteiger charge is 2.18. The SMILES string of the molecule is O=C(Cn1c(=O)oc2ccccc21)NCC1CCCCC(=O)N1. The molecular formula is C16H19N3O4. The van der Waals surface area contributed by atoms with Crippen molar-refractivity contribution in [3.8, 4) is 0 Å². The van der Waals surface area contributed by atoms with E-state index in [4.69, 9.17) is 4.42 Å². The number of aromatic nitrogens is 1. The molecular weight excluding hydrogens is 298 g/mol. The van der Waals surface area contributed by atoms with Crippen LogP contribution >= 0.6 is 0 Å². The molecule has 2 amide bonds. The van der Waals surface area contributed by atoms with E-state index in [-0.39, 0.29) is 24.4 Å². The van der Waals surface area contributed by atoms with Gasteiger partial charge in [-0.2, -0.15) is 0 Å². The predicted octanol–water partition coefficient (Wildman–Crippen LogP) is 0.769. The molecule has 122 valence electrons. The Morgan fingerprint density at radius 2 is 2.13 bits per heavy atom. The van der Waals surface area contributed by atoms with Gasteiger partial charge in [0.2, 0.25) is 11.8 Å². The lowest BCUT2D eigenvalue weighted by atomic mass is 10.1. The monoisotopic (exact) mass is 317 g/mol. The first kappa shape index (κ1) is 15.3. The average molecular weight is 317 g/mol. The Balaban J connectivity index is 1.61. The molecule has 1 fully saturated rings. The van der Waals surface area contributed by atoms with Gasteiger partial charge in [0.1, 0.15) is 6.54 Å². The smallest absolute Gasteiger partial charge is 0.408 e. The minimum atomic E-state index is -0.552. The quantitative estimate of drug-likeness (QED) is 0.871. The van der Waals surface area contributed by atoms with Crippen LogP contribution in [-0.2, 0) is 16.1 Å². The molecule has 23 heavy (non-hydrogen) atoms. The summed E-state index contributed by atoms with van der Waals surface area (Å²) in [5.74, 6) is -0.805. The first-order valence-corrected chi connectivity index (χ1v) is 7.78. The van der Waals surface area contributed by atoms with Crippen molar-refractivity contribution in [2.24, 2.45) is 0 Å². The van der Waals surface area contributed by atoms with E-state index in [0.717, 1.165) is 19.3 Å². The van der Waals surface area contributed by atoms with Gasteiger partial charge in [0.15, 0.2) is 5.58 Å². The van der Waals surface area contributed by atoms with Crippen molar-refractivity contribution in [2.45, 2.75) is 38.3 Å². The number of amides is 2. The molecule has 3 rings (SSSR count). The molecule has 1 saturated heterocycles. The van der Waals surface area contributed by atoms with Crippen molar-refractivity contribution >= 4 is 22.9 Å². The Labute approximate surface area is 132 Å². The maximum atomic E-state index is 12.1. The van der Waals surface area contributed by atoms with Gasteiger partial charge in [0, 0.05) is 19.0 Å². The highest BCUT2D eigenvalue weighted by atomic mass is 16.4. The summed E-state index contributed by atoms with van der Waals surface area (Å²) in [6.07, 6.45) is 3.24. The number of para-hydroxylation sites is 2. The van der Waals surface area contributed by atoms with E-state index in [1.54, 1.807) is 24.3 Å². The molecule has 2 aromatic rings. The van der Waals surface area contributed by atoms with E-state index in [0.29, 0.717) is 24.1 Å². The van der Waals surface area contributed by atoms with Crippen LogP contribution in [0.4, 0.5) is 0 Å². The number of hydrogen-bond donors (Lipinski definition) is 2. The second-order valence-electron chi connectivity index (χ2n) is 5.74. The van der Waals surface area contributed by atoms with Crippen molar-refractivity contribution in [1.29, 1.82) is 0 Å². The van der Waals surface area contributed by atoms with Crippen LogP contribution in [0.25, 0.3) is 11.1 Å². The number of fused-ring (bicyclic) bond motifs is 1. The van der Waals surface area contributed by atoms with Crippen molar-refractivity contribution in [3.05, 3.63) is 34.8 Å². The number of carbonyl (C=O) groups is 2. The van der Waals surface area contributed by atoms with Gasteiger partial charge in [-0.1, -0.05) is 18.6 Å². The third-order valence-corrected chi connectivity index (χ3v) is 3.99. The standard InChI is InChI=1S/C16H19N3O4/c20-14-8-4-1-5-11(18-14)9-17-15(21)10-19-12-6-2-3-7-13(12)23-16(19)22/h2-3,6-7,11H,1,4-5,8-10H2,(H,17,21)(H,18,20). The number of carbonyl (C=O) groups excluding carboxylic acids is 2. The summed E-state index contributed by atoms with van der Waals surface area (Å²) in [6.45, 7) is 0.269. The van der Waals surface area contributed by atoms with Crippen LogP contribution in [0.15, 0.2) is 33.5 Å². The first-order valence-electron chi connectivity index (χ1n) is 7.78. The molecule has 1 aromatic carbocycles. The molecule has 0 saturated carbocycles. The molecule has 2 heterocycles. The third kappa shape index (κ3) is 3.61. The predicted molar refractivity (Wildman–Crippen MR) is 83.9 cm³/mol. The summed E-state index contributed by atoms with van der Waals surface area (Å²) < 4.78 is 6.40. The highest BCUT2D eigenvalue weighted by molar-refractivity contribution is 5.80. The van der Waals surface area contributed by atoms with Crippen LogP contribution in [0.5, 0.6) is 0 Å². The van der Waals surface area contributed by atoms with Crippen LogP contribution in [0, 0.1) is 0 Å². The summed E-state index contributed by atoms with van der Waals surface area (Å²) in [5.41, 5.74) is 1.05. The normalized spacial score (nSPS) is 18.4. The molecule has 0 spiro atoms. The van der Waals surface area contributed by atoms with E-state index in [2.05, 4.69) is 10.6 Å². The summed E-state index contributed by atoms with van der Waals surface area (Å²) in [6, 6.07) is 6.93. The minimum Gasteiger partial charge on any atom is -0.408 e. The number of hydrogen-bond acceptors (Lipinski definition) is 4. The largest absolute Gasteiger partial charge is 0.420 e. The molecule has 1 unspecified atom stereocenters. The van der Waals surface area contributed by atoms with Gasteiger partial charge < -0.3 is 15.1 Å². The summed E-state index contributed by atoms with van der Waals surface area (Å²) >= 11 is 0. The summed E-state index contributed by atoms with van der Waals surface area (Å²) in [5, 5.41) is 5.67. The molecule has 7 nitrogen and oxygen atoms in total. The number of rotatable bonds is 4. The van der Waals surface area contributed by atoms with E-state index in [1.165, 1.54) is 4.57 Å². The van der Waals surface area contributed by atoms with Gasteiger partial charge in [-0.15, -0.1) is 0 Å². The number of nitrogens with zero attached hydrogens (tertiary/aromatic N) is 1. The second kappa shape index (κ2) is 6.68. The zero-order chi connectivity index (χ0) is 16.2. The topological polar surface area (TPSA) is 93.3 Å². The van der Waals surface area contributed by atoms with Gasteiger partial charge in [0.25, 0.3) is 0 Å². The van der Waals surface area contributed by atoms with E-state index < -0.39 is 5.76 Å². The maximum Gasteiger partial charge on any atom is 0.420 e. The van der Waals surface area contributed by atoms with Crippen LogP contribution in [0.3, 0.4) is 0 Å². The van der Waals surface area contributed by atoms with Gasteiger partial charge in [0.05, 0.1) is 5.52 Å². The van der Waals surface area contributed by atoms with Crippen molar-refractivity contribution < 1.29 is 14.0 Å². The van der Waals surface area contributed by atoms with Crippen LogP contribution in [0.2, 0.25) is 0 Å². The Morgan fingerprint density at radius 3 is 3.00 bits per heavy atom. The first-order chi connectivity index (χ1) is 11.1. The molecule has 0 bridgehead atoms. The lowest BCUT2D eigenvalue weighted by Crippen LogP contribution is -2.43. The maximum absolute atomic E-state index is 12.1. The summed E-state index contributed by atoms with van der Waals surface area (Å²) in [4.78, 5) is 35.4. The van der Waals surface area contributed by atoms with E-state index >= 15 is 0 Å². The molecule has 2 N–H and O–H groups in total. The molecule has 1 aromatic heterocycles. The third-order valence-electron chi connectivity index (χ3n) is 3.99. The van der Waals surface area contributed by atoms with Crippen molar-refractivity contribution in [3.63, 3.8) is 0 Å². The van der Waals surface area contributed by atoms with Gasteiger partial charge in [-0.05, 0) is 25.0 Å². The van der Waals surface area contributed by atoms with Crippen molar-refractivity contribution in [1.82, 2.24) is 15.2 Å². The van der Waals surface area contributed by atoms with E-state index in [9.17, 15) is 14.4 Å². The Hall–Kier alpha value is -2.57. The van der Waals surface area contributed by atoms with Crippen molar-refractivity contribution in [2.75, 3.05) is 6.54 Å². The average Bonchev–Trinajstić information content (AvgIpc) is 2.70. The number of oxazole rings is 1. The van der Waals surface area contributed by atoms with Crippen LogP contribution < -0.4 is 16.4 Å². The minimum absolute atomic E-state index is 0.0267. The van der Waals surface area contributed by atoms with Gasteiger partial charge in [-0.3, -0.25) is 14.2 Å². The van der Waals surface area contributed by atoms with E-state index in [1.807, 2.05) is 0 Å². The molecule has 0 radical (unpaired) electrons. The highest BCUT2D eigenvalue weighted by Crippen LogP contribution is 2.11. The number of nitrogens with one attached hydrogen (secondary N) is 2. The zero-order valence-corrected chi connectivity index (χ0v) is 12.7. The lowest BCUT2D eigenvalue weighted by molar-refractivity contribution is -0.123. The molecule has 1 atom stereocenters. The molecule has 1 aliphatic rings. The fourth-order valence-corrected chi connectivity index (χ4v) is 2.80. The van der Waals surface area contributed by atoms with Gasteiger partial charge >= 0.3 is 5.76 Å². The molecule has 0 aliphatic carbocycles. The van der Waals surface area contributed by atoms with Crippen LogP contribution in [-0.4, -0.2) is 29.0 Å². The Bertz CT molecular complexity index is 777. The fraction of sp³-hybridized carbons (Fsp3) is 0.438. The number of benzene rings is 1. The lowest BCUT2D eigenvalue weighted by Gasteiger charge is -2.16. The summed E-state index contributed by atoms with van der Waals surface area (Å²) in [7, 11) is 0. The Morgan fingerprint density at radius 1 is 1.30 bits per heavy atom. The van der Waals surface area contributed by atoms with Crippen LogP contribution in [0.1, 0.15) is 25.7 Å². The Kier molecular flexibility index (Phi) is 4.45.